The number of rotatable bonds is 7. The SMILES string of the molecule is COc1ccc(C(O)CCOc2ccccc2)c(OC)c1. The Morgan fingerprint density at radius 2 is 1.71 bits per heavy atom. The summed E-state index contributed by atoms with van der Waals surface area (Å²) in [6, 6.07) is 14.9. The molecule has 4 nitrogen and oxygen atoms in total. The molecule has 0 fully saturated rings. The molecule has 0 aliphatic carbocycles. The van der Waals surface area contributed by atoms with Crippen LogP contribution in [-0.2, 0) is 0 Å². The van der Waals surface area contributed by atoms with E-state index in [0.717, 1.165) is 11.3 Å². The van der Waals surface area contributed by atoms with Crippen molar-refractivity contribution >= 4 is 0 Å². The molecular weight excluding hydrogens is 268 g/mol. The zero-order chi connectivity index (χ0) is 15.1. The third-order valence-corrected chi connectivity index (χ3v) is 3.20. The Morgan fingerprint density at radius 3 is 2.38 bits per heavy atom. The van der Waals surface area contributed by atoms with Crippen molar-refractivity contribution in [1.29, 1.82) is 0 Å². The van der Waals surface area contributed by atoms with Crippen molar-refractivity contribution < 1.29 is 19.3 Å². The first-order chi connectivity index (χ1) is 10.2. The Labute approximate surface area is 124 Å². The average Bonchev–Trinajstić information content (AvgIpc) is 2.55. The zero-order valence-corrected chi connectivity index (χ0v) is 12.3. The number of hydrogen-bond acceptors (Lipinski definition) is 4. The minimum atomic E-state index is -0.644. The van der Waals surface area contributed by atoms with Gasteiger partial charge in [0.05, 0.1) is 26.9 Å². The summed E-state index contributed by atoms with van der Waals surface area (Å²) in [6.45, 7) is 0.431. The van der Waals surface area contributed by atoms with Gasteiger partial charge in [0.15, 0.2) is 0 Å². The summed E-state index contributed by atoms with van der Waals surface area (Å²) in [6.07, 6.45) is -0.160. The summed E-state index contributed by atoms with van der Waals surface area (Å²) in [7, 11) is 3.17. The summed E-state index contributed by atoms with van der Waals surface area (Å²) >= 11 is 0. The highest BCUT2D eigenvalue weighted by Crippen LogP contribution is 2.31. The van der Waals surface area contributed by atoms with Crippen molar-refractivity contribution in [2.75, 3.05) is 20.8 Å². The maximum atomic E-state index is 10.3. The van der Waals surface area contributed by atoms with Gasteiger partial charge in [-0.2, -0.15) is 0 Å². The molecule has 0 spiro atoms. The van der Waals surface area contributed by atoms with Crippen LogP contribution in [0.1, 0.15) is 18.1 Å². The number of aliphatic hydroxyl groups excluding tert-OH is 1. The van der Waals surface area contributed by atoms with Crippen molar-refractivity contribution in [3.63, 3.8) is 0 Å². The third kappa shape index (κ3) is 4.13. The molecule has 0 amide bonds. The van der Waals surface area contributed by atoms with E-state index in [4.69, 9.17) is 14.2 Å². The number of ether oxygens (including phenoxy) is 3. The first-order valence-electron chi connectivity index (χ1n) is 6.82. The van der Waals surface area contributed by atoms with Crippen molar-refractivity contribution in [2.24, 2.45) is 0 Å². The normalized spacial score (nSPS) is 11.8. The Morgan fingerprint density at radius 1 is 0.952 bits per heavy atom. The van der Waals surface area contributed by atoms with Gasteiger partial charge in [-0.05, 0) is 24.3 Å². The zero-order valence-electron chi connectivity index (χ0n) is 12.3. The molecule has 0 saturated heterocycles. The molecular formula is C17H20O4. The molecule has 0 aromatic heterocycles. The van der Waals surface area contributed by atoms with Crippen LogP contribution in [0.4, 0.5) is 0 Å². The number of benzene rings is 2. The fraction of sp³-hybridized carbons (Fsp3) is 0.294. The van der Waals surface area contributed by atoms with Gasteiger partial charge in [-0.25, -0.2) is 0 Å². The highest BCUT2D eigenvalue weighted by Gasteiger charge is 2.14. The molecule has 21 heavy (non-hydrogen) atoms. The second-order valence-corrected chi connectivity index (χ2v) is 4.57. The maximum absolute atomic E-state index is 10.3. The van der Waals surface area contributed by atoms with E-state index in [0.29, 0.717) is 24.5 Å². The number of hydrogen-bond donors (Lipinski definition) is 1. The van der Waals surface area contributed by atoms with Gasteiger partial charge in [-0.1, -0.05) is 18.2 Å². The molecule has 0 saturated carbocycles. The van der Waals surface area contributed by atoms with Crippen LogP contribution in [0.2, 0.25) is 0 Å². The highest BCUT2D eigenvalue weighted by atomic mass is 16.5. The lowest BCUT2D eigenvalue weighted by Gasteiger charge is -2.16. The van der Waals surface area contributed by atoms with Gasteiger partial charge in [0, 0.05) is 18.1 Å². The minimum Gasteiger partial charge on any atom is -0.497 e. The molecule has 1 unspecified atom stereocenters. The van der Waals surface area contributed by atoms with Crippen LogP contribution in [0.15, 0.2) is 48.5 Å². The standard InChI is InChI=1S/C17H20O4/c1-19-14-8-9-15(17(12-14)20-2)16(18)10-11-21-13-6-4-3-5-7-13/h3-9,12,16,18H,10-11H2,1-2H3. The van der Waals surface area contributed by atoms with E-state index in [2.05, 4.69) is 0 Å². The molecule has 2 aromatic carbocycles. The molecule has 0 heterocycles. The third-order valence-electron chi connectivity index (χ3n) is 3.20. The molecule has 2 rings (SSSR count). The average molecular weight is 288 g/mol. The van der Waals surface area contributed by atoms with Crippen molar-refractivity contribution in [3.05, 3.63) is 54.1 Å². The van der Waals surface area contributed by atoms with Crippen LogP contribution in [0.3, 0.4) is 0 Å². The van der Waals surface area contributed by atoms with Gasteiger partial charge < -0.3 is 19.3 Å². The molecule has 112 valence electrons. The van der Waals surface area contributed by atoms with Gasteiger partial charge in [0.25, 0.3) is 0 Å². The second-order valence-electron chi connectivity index (χ2n) is 4.57. The molecule has 1 atom stereocenters. The van der Waals surface area contributed by atoms with Gasteiger partial charge in [-0.15, -0.1) is 0 Å². The highest BCUT2D eigenvalue weighted by molar-refractivity contribution is 5.41. The maximum Gasteiger partial charge on any atom is 0.128 e. The first-order valence-corrected chi connectivity index (χ1v) is 6.82. The van der Waals surface area contributed by atoms with Crippen LogP contribution in [0.5, 0.6) is 17.2 Å². The van der Waals surface area contributed by atoms with E-state index in [-0.39, 0.29) is 0 Å². The summed E-state index contributed by atoms with van der Waals surface area (Å²) in [4.78, 5) is 0. The minimum absolute atomic E-state index is 0.431. The fourth-order valence-electron chi connectivity index (χ4n) is 2.05. The van der Waals surface area contributed by atoms with E-state index in [1.807, 2.05) is 36.4 Å². The van der Waals surface area contributed by atoms with E-state index in [9.17, 15) is 5.11 Å². The number of aliphatic hydroxyl groups is 1. The van der Waals surface area contributed by atoms with E-state index in [1.165, 1.54) is 0 Å². The van der Waals surface area contributed by atoms with E-state index < -0.39 is 6.10 Å². The van der Waals surface area contributed by atoms with Crippen LogP contribution in [0, 0.1) is 0 Å². The Bertz CT molecular complexity index is 554. The fourth-order valence-corrected chi connectivity index (χ4v) is 2.05. The molecule has 2 aromatic rings. The topological polar surface area (TPSA) is 47.9 Å². The van der Waals surface area contributed by atoms with Gasteiger partial charge in [0.1, 0.15) is 17.2 Å². The number of para-hydroxylation sites is 1. The summed E-state index contributed by atoms with van der Waals surface area (Å²) in [5.41, 5.74) is 0.731. The van der Waals surface area contributed by atoms with Crippen LogP contribution < -0.4 is 14.2 Å². The molecule has 0 aliphatic rings. The van der Waals surface area contributed by atoms with Crippen molar-refractivity contribution in [1.82, 2.24) is 0 Å². The van der Waals surface area contributed by atoms with Gasteiger partial charge >= 0.3 is 0 Å². The lowest BCUT2D eigenvalue weighted by molar-refractivity contribution is 0.137. The van der Waals surface area contributed by atoms with Crippen LogP contribution in [0.25, 0.3) is 0 Å². The second kappa shape index (κ2) is 7.55. The molecule has 4 heteroatoms. The smallest absolute Gasteiger partial charge is 0.128 e. The van der Waals surface area contributed by atoms with Crippen LogP contribution in [-0.4, -0.2) is 25.9 Å². The summed E-state index contributed by atoms with van der Waals surface area (Å²) < 4.78 is 16.0. The van der Waals surface area contributed by atoms with Gasteiger partial charge in [0.2, 0.25) is 0 Å². The van der Waals surface area contributed by atoms with E-state index >= 15 is 0 Å². The summed E-state index contributed by atoms with van der Waals surface area (Å²) in [5, 5.41) is 10.3. The lowest BCUT2D eigenvalue weighted by atomic mass is 10.1. The monoisotopic (exact) mass is 288 g/mol. The predicted molar refractivity (Wildman–Crippen MR) is 81.1 cm³/mol. The Balaban J connectivity index is 1.95. The molecule has 0 radical (unpaired) electrons. The lowest BCUT2D eigenvalue weighted by Crippen LogP contribution is -2.07. The largest absolute Gasteiger partial charge is 0.497 e. The van der Waals surface area contributed by atoms with Crippen LogP contribution >= 0.6 is 0 Å². The Kier molecular flexibility index (Phi) is 5.46. The molecule has 1 N–H and O–H groups in total. The van der Waals surface area contributed by atoms with Gasteiger partial charge in [-0.3, -0.25) is 0 Å². The quantitative estimate of drug-likeness (QED) is 0.850. The van der Waals surface area contributed by atoms with Crippen molar-refractivity contribution in [3.8, 4) is 17.2 Å². The van der Waals surface area contributed by atoms with Crippen molar-refractivity contribution in [2.45, 2.75) is 12.5 Å². The number of methoxy groups -OCH3 is 2. The summed E-state index contributed by atoms with van der Waals surface area (Å²) in [5.74, 6) is 2.11. The van der Waals surface area contributed by atoms with E-state index in [1.54, 1.807) is 26.4 Å². The Hall–Kier alpha value is -2.20. The first kappa shape index (κ1) is 15.2. The predicted octanol–water partition coefficient (Wildman–Crippen LogP) is 3.21. The molecule has 0 aliphatic heterocycles. The molecule has 0 bridgehead atoms.